The molecule has 1 aliphatic heterocycles. The molecular formula is C21H18ClFN2O2. The van der Waals surface area contributed by atoms with E-state index in [1.165, 1.54) is 12.1 Å². The van der Waals surface area contributed by atoms with Crippen LogP contribution in [0.2, 0.25) is 5.02 Å². The van der Waals surface area contributed by atoms with Gasteiger partial charge in [0, 0.05) is 31.7 Å². The average molecular weight is 385 g/mol. The molecular weight excluding hydrogens is 367 g/mol. The first-order chi connectivity index (χ1) is 13.1. The Morgan fingerprint density at radius 1 is 0.926 bits per heavy atom. The molecule has 2 heterocycles. The van der Waals surface area contributed by atoms with Crippen molar-refractivity contribution in [2.75, 3.05) is 31.1 Å². The smallest absolute Gasteiger partial charge is 0.289 e. The Bertz CT molecular complexity index is 947. The molecule has 0 atom stereocenters. The summed E-state index contributed by atoms with van der Waals surface area (Å²) in [5.74, 6) is 0.397. The van der Waals surface area contributed by atoms with Crippen LogP contribution in [0, 0.1) is 5.82 Å². The maximum absolute atomic E-state index is 13.1. The normalized spacial score (nSPS) is 14.4. The second kappa shape index (κ2) is 7.45. The standard InChI is InChI=1S/C21H18ClFN2O2/c22-17-3-1-2-4-18(17)24-11-13-25(14-12-24)21(26)20-10-9-19(27-20)15-5-7-16(23)8-6-15/h1-10H,11-14H2. The molecule has 138 valence electrons. The van der Waals surface area contributed by atoms with Crippen LogP contribution in [0.1, 0.15) is 10.6 Å². The van der Waals surface area contributed by atoms with Crippen LogP contribution in [0.5, 0.6) is 0 Å². The molecule has 1 fully saturated rings. The van der Waals surface area contributed by atoms with Crippen LogP contribution >= 0.6 is 11.6 Å². The van der Waals surface area contributed by atoms with Crippen molar-refractivity contribution in [2.45, 2.75) is 0 Å². The van der Waals surface area contributed by atoms with E-state index in [0.29, 0.717) is 42.7 Å². The van der Waals surface area contributed by atoms with Crippen LogP contribution in [0.4, 0.5) is 10.1 Å². The molecule has 1 aliphatic rings. The van der Waals surface area contributed by atoms with Crippen molar-refractivity contribution in [1.29, 1.82) is 0 Å². The summed E-state index contributed by atoms with van der Waals surface area (Å²) in [6.45, 7) is 2.61. The van der Waals surface area contributed by atoms with E-state index in [0.717, 1.165) is 11.3 Å². The van der Waals surface area contributed by atoms with E-state index in [9.17, 15) is 9.18 Å². The molecule has 4 rings (SSSR count). The minimum absolute atomic E-state index is 0.137. The third-order valence-electron chi connectivity index (χ3n) is 4.71. The number of nitrogens with zero attached hydrogens (tertiary/aromatic N) is 2. The number of carbonyl (C=O) groups excluding carboxylic acids is 1. The second-order valence-electron chi connectivity index (χ2n) is 6.40. The lowest BCUT2D eigenvalue weighted by Crippen LogP contribution is -2.48. The molecule has 1 saturated heterocycles. The Labute approximate surface area is 161 Å². The van der Waals surface area contributed by atoms with Gasteiger partial charge in [-0.2, -0.15) is 0 Å². The quantitative estimate of drug-likeness (QED) is 0.656. The summed E-state index contributed by atoms with van der Waals surface area (Å²) in [5.41, 5.74) is 1.72. The van der Waals surface area contributed by atoms with Gasteiger partial charge in [-0.1, -0.05) is 23.7 Å². The monoisotopic (exact) mass is 384 g/mol. The highest BCUT2D eigenvalue weighted by molar-refractivity contribution is 6.33. The summed E-state index contributed by atoms with van der Waals surface area (Å²) in [6.07, 6.45) is 0. The van der Waals surface area contributed by atoms with E-state index in [-0.39, 0.29) is 11.7 Å². The summed E-state index contributed by atoms with van der Waals surface area (Å²) in [6, 6.07) is 17.1. The van der Waals surface area contributed by atoms with Crippen LogP contribution in [-0.2, 0) is 0 Å². The van der Waals surface area contributed by atoms with Gasteiger partial charge >= 0.3 is 0 Å². The Morgan fingerprint density at radius 3 is 2.33 bits per heavy atom. The van der Waals surface area contributed by atoms with E-state index in [4.69, 9.17) is 16.0 Å². The second-order valence-corrected chi connectivity index (χ2v) is 6.81. The number of anilines is 1. The molecule has 6 heteroatoms. The summed E-state index contributed by atoms with van der Waals surface area (Å²) >= 11 is 6.26. The molecule has 0 radical (unpaired) electrons. The van der Waals surface area contributed by atoms with Gasteiger partial charge < -0.3 is 14.2 Å². The molecule has 0 aliphatic carbocycles. The molecule has 0 N–H and O–H groups in total. The van der Waals surface area contributed by atoms with Crippen LogP contribution in [0.15, 0.2) is 65.1 Å². The number of hydrogen-bond donors (Lipinski definition) is 0. The number of halogens is 2. The number of benzene rings is 2. The average Bonchev–Trinajstić information content (AvgIpc) is 3.19. The lowest BCUT2D eigenvalue weighted by molar-refractivity contribution is 0.0715. The van der Waals surface area contributed by atoms with Gasteiger partial charge in [0.05, 0.1) is 10.7 Å². The van der Waals surface area contributed by atoms with Crippen molar-refractivity contribution in [3.05, 3.63) is 77.3 Å². The number of carbonyl (C=O) groups is 1. The number of hydrogen-bond acceptors (Lipinski definition) is 3. The van der Waals surface area contributed by atoms with Gasteiger partial charge in [0.1, 0.15) is 11.6 Å². The van der Waals surface area contributed by atoms with E-state index in [1.807, 2.05) is 24.3 Å². The maximum atomic E-state index is 13.1. The van der Waals surface area contributed by atoms with Crippen molar-refractivity contribution in [2.24, 2.45) is 0 Å². The van der Waals surface area contributed by atoms with Crippen LogP contribution in [0.25, 0.3) is 11.3 Å². The summed E-state index contributed by atoms with van der Waals surface area (Å²) in [7, 11) is 0. The fraction of sp³-hybridized carbons (Fsp3) is 0.190. The Balaban J connectivity index is 1.43. The van der Waals surface area contributed by atoms with Crippen molar-refractivity contribution in [3.63, 3.8) is 0 Å². The highest BCUT2D eigenvalue weighted by Gasteiger charge is 2.25. The molecule has 1 amide bonds. The summed E-state index contributed by atoms with van der Waals surface area (Å²) < 4.78 is 18.8. The zero-order valence-corrected chi connectivity index (χ0v) is 15.3. The highest BCUT2D eigenvalue weighted by Crippen LogP contribution is 2.27. The third-order valence-corrected chi connectivity index (χ3v) is 5.03. The molecule has 1 aromatic heterocycles. The minimum atomic E-state index is -0.307. The SMILES string of the molecule is O=C(c1ccc(-c2ccc(F)cc2)o1)N1CCN(c2ccccc2Cl)CC1. The molecule has 3 aromatic rings. The Hall–Kier alpha value is -2.79. The van der Waals surface area contributed by atoms with E-state index >= 15 is 0 Å². The summed E-state index contributed by atoms with van der Waals surface area (Å²) in [5, 5.41) is 0.715. The Morgan fingerprint density at radius 2 is 1.63 bits per heavy atom. The van der Waals surface area contributed by atoms with Crippen molar-refractivity contribution >= 4 is 23.2 Å². The van der Waals surface area contributed by atoms with Gasteiger partial charge in [0.25, 0.3) is 5.91 Å². The summed E-state index contributed by atoms with van der Waals surface area (Å²) in [4.78, 5) is 16.7. The van der Waals surface area contributed by atoms with Crippen LogP contribution in [-0.4, -0.2) is 37.0 Å². The molecule has 0 bridgehead atoms. The first-order valence-corrected chi connectivity index (χ1v) is 9.14. The zero-order chi connectivity index (χ0) is 18.8. The fourth-order valence-corrected chi connectivity index (χ4v) is 3.49. The van der Waals surface area contributed by atoms with Crippen LogP contribution in [0.3, 0.4) is 0 Å². The van der Waals surface area contributed by atoms with Crippen molar-refractivity contribution in [1.82, 2.24) is 4.90 Å². The minimum Gasteiger partial charge on any atom is -0.451 e. The lowest BCUT2D eigenvalue weighted by atomic mass is 10.2. The van der Waals surface area contributed by atoms with Gasteiger partial charge in [0.15, 0.2) is 5.76 Å². The Kier molecular flexibility index (Phi) is 4.86. The molecule has 0 spiro atoms. The topological polar surface area (TPSA) is 36.7 Å². The maximum Gasteiger partial charge on any atom is 0.289 e. The lowest BCUT2D eigenvalue weighted by Gasteiger charge is -2.36. The first kappa shape index (κ1) is 17.6. The van der Waals surface area contributed by atoms with Gasteiger partial charge in [-0.3, -0.25) is 4.79 Å². The third kappa shape index (κ3) is 3.69. The molecule has 0 saturated carbocycles. The first-order valence-electron chi connectivity index (χ1n) is 8.76. The fourth-order valence-electron chi connectivity index (χ4n) is 3.24. The number of piperazine rings is 1. The number of para-hydroxylation sites is 1. The van der Waals surface area contributed by atoms with Crippen LogP contribution < -0.4 is 4.90 Å². The molecule has 0 unspecified atom stereocenters. The van der Waals surface area contributed by atoms with Gasteiger partial charge in [0.2, 0.25) is 0 Å². The van der Waals surface area contributed by atoms with Gasteiger partial charge in [-0.25, -0.2) is 4.39 Å². The molecule has 2 aromatic carbocycles. The predicted molar refractivity (Wildman–Crippen MR) is 104 cm³/mol. The van der Waals surface area contributed by atoms with Gasteiger partial charge in [-0.15, -0.1) is 0 Å². The largest absolute Gasteiger partial charge is 0.451 e. The number of rotatable bonds is 3. The zero-order valence-electron chi connectivity index (χ0n) is 14.6. The van der Waals surface area contributed by atoms with E-state index in [1.54, 1.807) is 29.2 Å². The van der Waals surface area contributed by atoms with E-state index in [2.05, 4.69) is 4.90 Å². The van der Waals surface area contributed by atoms with Crippen molar-refractivity contribution < 1.29 is 13.6 Å². The highest BCUT2D eigenvalue weighted by atomic mass is 35.5. The molecule has 4 nitrogen and oxygen atoms in total. The predicted octanol–water partition coefficient (Wildman–Crippen LogP) is 4.70. The van der Waals surface area contributed by atoms with Gasteiger partial charge in [-0.05, 0) is 48.5 Å². The number of amides is 1. The number of furan rings is 1. The molecule has 27 heavy (non-hydrogen) atoms. The van der Waals surface area contributed by atoms with Crippen molar-refractivity contribution in [3.8, 4) is 11.3 Å². The van der Waals surface area contributed by atoms with E-state index < -0.39 is 0 Å².